The molecule has 1 aliphatic heterocycles. The zero-order valence-corrected chi connectivity index (χ0v) is 11.8. The highest BCUT2D eigenvalue weighted by Gasteiger charge is 2.24. The van der Waals surface area contributed by atoms with Gasteiger partial charge in [0.1, 0.15) is 0 Å². The molecular formula is C13H20N2OS. The van der Waals surface area contributed by atoms with Crippen molar-refractivity contribution in [3.8, 4) is 0 Å². The lowest BCUT2D eigenvalue weighted by Gasteiger charge is -2.13. The van der Waals surface area contributed by atoms with Crippen LogP contribution in [-0.2, 0) is 0 Å². The number of nitrogens with zero attached hydrogens (tertiary/aromatic N) is 2. The van der Waals surface area contributed by atoms with Gasteiger partial charge in [-0.05, 0) is 19.3 Å². The maximum Gasteiger partial charge on any atom is 0.186 e. The van der Waals surface area contributed by atoms with Crippen molar-refractivity contribution in [3.05, 3.63) is 10.6 Å². The van der Waals surface area contributed by atoms with E-state index in [1.807, 2.05) is 20.8 Å². The Morgan fingerprint density at radius 3 is 2.76 bits per heavy atom. The van der Waals surface area contributed by atoms with Crippen LogP contribution in [0.4, 0.5) is 5.13 Å². The van der Waals surface area contributed by atoms with Gasteiger partial charge in [0.2, 0.25) is 0 Å². The molecule has 0 bridgehead atoms. The zero-order chi connectivity index (χ0) is 12.6. The maximum absolute atomic E-state index is 12.0. The van der Waals surface area contributed by atoms with E-state index in [1.54, 1.807) is 11.3 Å². The quantitative estimate of drug-likeness (QED) is 0.775. The van der Waals surface area contributed by atoms with Crippen molar-refractivity contribution in [3.63, 3.8) is 0 Å². The minimum atomic E-state index is 0.0551. The molecule has 0 spiro atoms. The molecule has 1 atom stereocenters. The highest BCUT2D eigenvalue weighted by molar-refractivity contribution is 7.17. The van der Waals surface area contributed by atoms with Crippen LogP contribution in [0.3, 0.4) is 0 Å². The van der Waals surface area contributed by atoms with Gasteiger partial charge in [0.15, 0.2) is 10.9 Å². The van der Waals surface area contributed by atoms with Crippen LogP contribution in [0.15, 0.2) is 0 Å². The van der Waals surface area contributed by atoms with Crippen molar-refractivity contribution in [1.82, 2.24) is 4.98 Å². The van der Waals surface area contributed by atoms with Gasteiger partial charge < -0.3 is 4.90 Å². The molecule has 0 N–H and O–H groups in total. The van der Waals surface area contributed by atoms with E-state index in [9.17, 15) is 4.79 Å². The Hall–Kier alpha value is -0.900. The van der Waals surface area contributed by atoms with Gasteiger partial charge in [-0.15, -0.1) is 0 Å². The van der Waals surface area contributed by atoms with E-state index in [4.69, 9.17) is 0 Å². The Bertz CT molecular complexity index is 425. The molecule has 0 saturated carbocycles. The maximum atomic E-state index is 12.0. The van der Waals surface area contributed by atoms with Gasteiger partial charge in [0.05, 0.1) is 10.6 Å². The predicted molar refractivity (Wildman–Crippen MR) is 72.0 cm³/mol. The summed E-state index contributed by atoms with van der Waals surface area (Å²) in [6.07, 6.45) is 1.23. The third kappa shape index (κ3) is 2.51. The number of carbonyl (C=O) groups is 1. The molecule has 0 aliphatic carbocycles. The lowest BCUT2D eigenvalue weighted by molar-refractivity contribution is 0.0942. The van der Waals surface area contributed by atoms with Gasteiger partial charge in [-0.25, -0.2) is 4.98 Å². The number of rotatable bonds is 3. The zero-order valence-electron chi connectivity index (χ0n) is 11.0. The summed E-state index contributed by atoms with van der Waals surface area (Å²) in [6.45, 7) is 10.2. The molecule has 3 nitrogen and oxygen atoms in total. The first-order valence-electron chi connectivity index (χ1n) is 6.25. The van der Waals surface area contributed by atoms with Crippen LogP contribution < -0.4 is 4.90 Å². The van der Waals surface area contributed by atoms with Crippen LogP contribution in [0.5, 0.6) is 0 Å². The molecule has 4 heteroatoms. The molecule has 94 valence electrons. The lowest BCUT2D eigenvalue weighted by Crippen LogP contribution is -2.18. The smallest absolute Gasteiger partial charge is 0.186 e. The molecule has 1 aliphatic rings. The predicted octanol–water partition coefficient (Wildman–Crippen LogP) is 3.14. The average Bonchev–Trinajstić information content (AvgIpc) is 2.83. The summed E-state index contributed by atoms with van der Waals surface area (Å²) in [4.78, 5) is 19.7. The summed E-state index contributed by atoms with van der Waals surface area (Å²) >= 11 is 1.56. The first-order chi connectivity index (χ1) is 7.99. The fraction of sp³-hybridized carbons (Fsp3) is 0.692. The molecule has 2 heterocycles. The van der Waals surface area contributed by atoms with E-state index < -0.39 is 0 Å². The Labute approximate surface area is 107 Å². The van der Waals surface area contributed by atoms with Gasteiger partial charge in [-0.1, -0.05) is 32.1 Å². The third-order valence-electron chi connectivity index (χ3n) is 3.23. The molecule has 1 aromatic heterocycles. The minimum absolute atomic E-state index is 0.0551. The number of anilines is 1. The molecule has 2 rings (SSSR count). The second kappa shape index (κ2) is 4.77. The number of aryl methyl sites for hydroxylation is 1. The van der Waals surface area contributed by atoms with Crippen molar-refractivity contribution in [2.45, 2.75) is 34.1 Å². The van der Waals surface area contributed by atoms with E-state index >= 15 is 0 Å². The summed E-state index contributed by atoms with van der Waals surface area (Å²) in [6, 6.07) is 0. The second-order valence-electron chi connectivity index (χ2n) is 5.27. The van der Waals surface area contributed by atoms with Gasteiger partial charge in [0.25, 0.3) is 0 Å². The summed E-state index contributed by atoms with van der Waals surface area (Å²) < 4.78 is 0. The van der Waals surface area contributed by atoms with E-state index in [-0.39, 0.29) is 11.7 Å². The fourth-order valence-corrected chi connectivity index (χ4v) is 3.31. The molecule has 0 unspecified atom stereocenters. The van der Waals surface area contributed by atoms with E-state index in [1.165, 1.54) is 6.42 Å². The summed E-state index contributed by atoms with van der Waals surface area (Å²) in [5, 5.41) is 1.02. The molecule has 1 fully saturated rings. The summed E-state index contributed by atoms with van der Waals surface area (Å²) in [5.41, 5.74) is 0.892. The number of aromatic nitrogens is 1. The largest absolute Gasteiger partial charge is 0.348 e. The minimum Gasteiger partial charge on any atom is -0.348 e. The summed E-state index contributed by atoms with van der Waals surface area (Å²) in [7, 11) is 0. The number of thiazole rings is 1. The van der Waals surface area contributed by atoms with Crippen molar-refractivity contribution >= 4 is 22.3 Å². The topological polar surface area (TPSA) is 33.2 Å². The van der Waals surface area contributed by atoms with E-state index in [0.717, 1.165) is 34.7 Å². The molecule has 1 saturated heterocycles. The first kappa shape index (κ1) is 12.6. The normalized spacial score (nSPS) is 20.3. The number of ketones is 1. The standard InChI is InChI=1S/C13H20N2OS/c1-8(2)11(16)12-10(4)14-13(17-12)15-6-5-9(3)7-15/h8-9H,5-7H2,1-4H3/t9-/m0/s1. The number of hydrogen-bond acceptors (Lipinski definition) is 4. The number of carbonyl (C=O) groups excluding carboxylic acids is 1. The monoisotopic (exact) mass is 252 g/mol. The van der Waals surface area contributed by atoms with Crippen LogP contribution in [-0.4, -0.2) is 23.9 Å². The van der Waals surface area contributed by atoms with Crippen LogP contribution in [0, 0.1) is 18.8 Å². The van der Waals surface area contributed by atoms with E-state index in [0.29, 0.717) is 0 Å². The summed E-state index contributed by atoms with van der Waals surface area (Å²) in [5.74, 6) is 1.02. The van der Waals surface area contributed by atoms with Crippen molar-refractivity contribution in [1.29, 1.82) is 0 Å². The third-order valence-corrected chi connectivity index (χ3v) is 4.46. The Morgan fingerprint density at radius 2 is 2.24 bits per heavy atom. The van der Waals surface area contributed by atoms with Gasteiger partial charge >= 0.3 is 0 Å². The van der Waals surface area contributed by atoms with Crippen molar-refractivity contribution in [2.75, 3.05) is 18.0 Å². The second-order valence-corrected chi connectivity index (χ2v) is 6.25. The van der Waals surface area contributed by atoms with Gasteiger partial charge in [-0.3, -0.25) is 4.79 Å². The van der Waals surface area contributed by atoms with Gasteiger partial charge in [-0.2, -0.15) is 0 Å². The van der Waals surface area contributed by atoms with Crippen LogP contribution >= 0.6 is 11.3 Å². The van der Waals surface area contributed by atoms with Crippen LogP contribution in [0.2, 0.25) is 0 Å². The van der Waals surface area contributed by atoms with E-state index in [2.05, 4.69) is 16.8 Å². The molecule has 17 heavy (non-hydrogen) atoms. The fourth-order valence-electron chi connectivity index (χ4n) is 2.12. The van der Waals surface area contributed by atoms with Crippen molar-refractivity contribution < 1.29 is 4.79 Å². The average molecular weight is 252 g/mol. The Morgan fingerprint density at radius 1 is 1.53 bits per heavy atom. The van der Waals surface area contributed by atoms with Crippen LogP contribution in [0.25, 0.3) is 0 Å². The first-order valence-corrected chi connectivity index (χ1v) is 7.07. The highest BCUT2D eigenvalue weighted by atomic mass is 32.1. The Kier molecular flexibility index (Phi) is 3.52. The molecule has 0 aromatic carbocycles. The molecular weight excluding hydrogens is 232 g/mol. The van der Waals surface area contributed by atoms with Crippen LogP contribution in [0.1, 0.15) is 42.6 Å². The Balaban J connectivity index is 2.21. The number of hydrogen-bond donors (Lipinski definition) is 0. The van der Waals surface area contributed by atoms with Gasteiger partial charge in [0, 0.05) is 19.0 Å². The lowest BCUT2D eigenvalue weighted by atomic mass is 10.1. The highest BCUT2D eigenvalue weighted by Crippen LogP contribution is 2.31. The molecule has 0 amide bonds. The van der Waals surface area contributed by atoms with Crippen molar-refractivity contribution in [2.24, 2.45) is 11.8 Å². The SMILES string of the molecule is Cc1nc(N2CC[C@H](C)C2)sc1C(=O)C(C)C. The number of Topliss-reactive ketones (excluding diaryl/α,β-unsaturated/α-hetero) is 1. The molecule has 1 aromatic rings. The molecule has 0 radical (unpaired) electrons.